The maximum Gasteiger partial charge on any atom is 0.232 e. The fourth-order valence-electron chi connectivity index (χ4n) is 0.535. The Hall–Kier alpha value is 0.170. The van der Waals surface area contributed by atoms with Crippen LogP contribution < -0.4 is 0 Å². The molecule has 0 N–H and O–H groups in total. The molecule has 1 rings (SSSR count). The fourth-order valence-corrected chi connectivity index (χ4v) is 0.997. The molecule has 0 amide bonds. The molecule has 0 aliphatic heterocycles. The molecule has 66 valence electrons. The van der Waals surface area contributed by atoms with Crippen LogP contribution in [0.2, 0.25) is 5.28 Å². The molecule has 1 heterocycles. The van der Waals surface area contributed by atoms with E-state index in [1.807, 2.05) is 0 Å². The van der Waals surface area contributed by atoms with Crippen molar-refractivity contribution >= 4 is 46.4 Å². The minimum absolute atomic E-state index is 0.0926. The number of aromatic nitrogens is 2. The number of rotatable bonds is 0. The maximum absolute atomic E-state index is 12.5. The highest BCUT2D eigenvalue weighted by Crippen LogP contribution is 2.37. The lowest BCUT2D eigenvalue weighted by Gasteiger charge is -2.08. The van der Waals surface area contributed by atoms with Gasteiger partial charge in [0.25, 0.3) is 0 Å². The topological polar surface area (TPSA) is 25.8 Å². The van der Waals surface area contributed by atoms with Crippen molar-refractivity contribution in [3.8, 4) is 0 Å². The van der Waals surface area contributed by atoms with Crippen molar-refractivity contribution in [1.29, 1.82) is 0 Å². The summed E-state index contributed by atoms with van der Waals surface area (Å²) in [6, 6.07) is 0.902. The fraction of sp³-hybridized carbons (Fsp3) is 0.200. The van der Waals surface area contributed by atoms with Gasteiger partial charge in [-0.1, -0.05) is 34.8 Å². The van der Waals surface area contributed by atoms with Gasteiger partial charge in [-0.15, -0.1) is 0 Å². The smallest absolute Gasteiger partial charge is 0.218 e. The molecule has 0 saturated heterocycles. The number of alkyl halides is 3. The Balaban J connectivity index is 3.18. The molecule has 1 aromatic heterocycles. The molecule has 0 atom stereocenters. The monoisotopic (exact) mass is 248 g/mol. The van der Waals surface area contributed by atoms with E-state index >= 15 is 0 Å². The van der Waals surface area contributed by atoms with Crippen LogP contribution in [-0.2, 0) is 3.79 Å². The summed E-state index contributed by atoms with van der Waals surface area (Å²) in [5.74, 6) is -0.837. The van der Waals surface area contributed by atoms with Crippen molar-refractivity contribution in [1.82, 2.24) is 9.97 Å². The van der Waals surface area contributed by atoms with Gasteiger partial charge in [0.2, 0.25) is 15.0 Å². The van der Waals surface area contributed by atoms with Crippen molar-refractivity contribution in [2.24, 2.45) is 0 Å². The molecule has 7 heteroatoms. The van der Waals surface area contributed by atoms with E-state index < -0.39 is 9.74 Å². The second kappa shape index (κ2) is 3.50. The average Bonchev–Trinajstić information content (AvgIpc) is 1.82. The Kier molecular flexibility index (Phi) is 2.99. The molecule has 0 bridgehead atoms. The quantitative estimate of drug-likeness (QED) is 0.401. The molecular weight excluding hydrogens is 249 g/mol. The summed E-state index contributed by atoms with van der Waals surface area (Å²) < 4.78 is 10.8. The summed E-state index contributed by atoms with van der Waals surface area (Å²) in [5.41, 5.74) is -0.0926. The van der Waals surface area contributed by atoms with E-state index in [0.29, 0.717) is 0 Å². The normalized spacial score (nSPS) is 11.8. The third-order valence-corrected chi connectivity index (χ3v) is 1.71. The summed E-state index contributed by atoms with van der Waals surface area (Å²) in [4.78, 5) is 6.68. The van der Waals surface area contributed by atoms with Gasteiger partial charge in [0.1, 0.15) is 0 Å². The van der Waals surface area contributed by atoms with Gasteiger partial charge in [0.05, 0.1) is 5.69 Å². The van der Waals surface area contributed by atoms with Crippen molar-refractivity contribution in [2.45, 2.75) is 3.79 Å². The lowest BCUT2D eigenvalue weighted by molar-refractivity contribution is 0.576. The van der Waals surface area contributed by atoms with Crippen LogP contribution in [0.5, 0.6) is 0 Å². The molecule has 0 aliphatic rings. The Bertz CT molecular complexity index is 278. The maximum atomic E-state index is 12.5. The lowest BCUT2D eigenvalue weighted by atomic mass is 10.4. The third-order valence-electron chi connectivity index (χ3n) is 0.958. The summed E-state index contributed by atoms with van der Waals surface area (Å²) >= 11 is 21.6. The van der Waals surface area contributed by atoms with Gasteiger partial charge >= 0.3 is 0 Å². The molecule has 0 unspecified atom stereocenters. The Morgan fingerprint density at radius 3 is 2.25 bits per heavy atom. The first kappa shape index (κ1) is 10.3. The summed E-state index contributed by atoms with van der Waals surface area (Å²) in [6.45, 7) is 0. The van der Waals surface area contributed by atoms with Crippen LogP contribution in [0.15, 0.2) is 6.07 Å². The Morgan fingerprint density at radius 2 is 1.83 bits per heavy atom. The lowest BCUT2D eigenvalue weighted by Crippen LogP contribution is -2.05. The molecule has 0 spiro atoms. The van der Waals surface area contributed by atoms with E-state index in [9.17, 15) is 4.39 Å². The van der Waals surface area contributed by atoms with Crippen molar-refractivity contribution in [3.05, 3.63) is 23.0 Å². The highest BCUT2D eigenvalue weighted by atomic mass is 35.6. The first-order chi connectivity index (χ1) is 5.39. The second-order valence-electron chi connectivity index (χ2n) is 1.84. The highest BCUT2D eigenvalue weighted by Gasteiger charge is 2.26. The van der Waals surface area contributed by atoms with Crippen LogP contribution >= 0.6 is 46.4 Å². The third kappa shape index (κ3) is 2.59. The van der Waals surface area contributed by atoms with Gasteiger partial charge < -0.3 is 0 Å². The first-order valence-electron chi connectivity index (χ1n) is 2.67. The van der Waals surface area contributed by atoms with E-state index in [-0.39, 0.29) is 11.0 Å². The minimum atomic E-state index is -1.78. The molecule has 2 nitrogen and oxygen atoms in total. The van der Waals surface area contributed by atoms with Crippen molar-refractivity contribution in [2.75, 3.05) is 0 Å². The van der Waals surface area contributed by atoms with E-state index in [2.05, 4.69) is 9.97 Å². The van der Waals surface area contributed by atoms with Gasteiger partial charge in [-0.3, -0.25) is 0 Å². The summed E-state index contributed by atoms with van der Waals surface area (Å²) in [7, 11) is 0. The van der Waals surface area contributed by atoms with E-state index in [4.69, 9.17) is 46.4 Å². The van der Waals surface area contributed by atoms with Gasteiger partial charge in [-0.25, -0.2) is 4.98 Å². The predicted octanol–water partition coefficient (Wildman–Crippen LogP) is 3.10. The summed E-state index contributed by atoms with van der Waals surface area (Å²) in [6.07, 6.45) is 0. The zero-order valence-corrected chi connectivity index (χ0v) is 8.39. The Labute approximate surface area is 87.6 Å². The SMILES string of the molecule is Fc1cc(C(Cl)(Cl)Cl)nc(Cl)n1. The van der Waals surface area contributed by atoms with Gasteiger partial charge in [-0.2, -0.15) is 9.37 Å². The average molecular weight is 250 g/mol. The molecule has 0 fully saturated rings. The van der Waals surface area contributed by atoms with E-state index in [0.717, 1.165) is 6.07 Å². The zero-order chi connectivity index (χ0) is 9.35. The molecule has 1 aromatic rings. The number of halogens is 5. The zero-order valence-electron chi connectivity index (χ0n) is 5.36. The molecule has 0 aromatic carbocycles. The molecule has 0 saturated carbocycles. The van der Waals surface area contributed by atoms with Crippen LogP contribution in [0.3, 0.4) is 0 Å². The molecule has 0 aliphatic carbocycles. The standard InChI is InChI=1S/C5HCl4FN2/c6-4-11-2(5(7,8)9)1-3(10)12-4/h1H. The van der Waals surface area contributed by atoms with Crippen molar-refractivity contribution in [3.63, 3.8) is 0 Å². The van der Waals surface area contributed by atoms with Gasteiger partial charge in [0.15, 0.2) is 0 Å². The summed E-state index contributed by atoms with van der Waals surface area (Å²) in [5, 5.41) is -0.295. The highest BCUT2D eigenvalue weighted by molar-refractivity contribution is 6.66. The Morgan fingerprint density at radius 1 is 1.25 bits per heavy atom. The van der Waals surface area contributed by atoms with E-state index in [1.54, 1.807) is 0 Å². The minimum Gasteiger partial charge on any atom is -0.218 e. The van der Waals surface area contributed by atoms with Gasteiger partial charge in [0, 0.05) is 6.07 Å². The van der Waals surface area contributed by atoms with Gasteiger partial charge in [-0.05, 0) is 11.6 Å². The van der Waals surface area contributed by atoms with Crippen molar-refractivity contribution < 1.29 is 4.39 Å². The number of nitrogens with zero attached hydrogens (tertiary/aromatic N) is 2. The van der Waals surface area contributed by atoms with Crippen LogP contribution in [-0.4, -0.2) is 9.97 Å². The number of hydrogen-bond acceptors (Lipinski definition) is 2. The van der Waals surface area contributed by atoms with Crippen LogP contribution in [0.25, 0.3) is 0 Å². The van der Waals surface area contributed by atoms with Crippen LogP contribution in [0.4, 0.5) is 4.39 Å². The second-order valence-corrected chi connectivity index (χ2v) is 4.46. The predicted molar refractivity (Wildman–Crippen MR) is 46.2 cm³/mol. The van der Waals surface area contributed by atoms with E-state index in [1.165, 1.54) is 0 Å². The molecular formula is C5HCl4FN2. The number of hydrogen-bond donors (Lipinski definition) is 0. The van der Waals surface area contributed by atoms with Crippen LogP contribution in [0.1, 0.15) is 5.69 Å². The molecule has 12 heavy (non-hydrogen) atoms. The molecule has 0 radical (unpaired) electrons. The largest absolute Gasteiger partial charge is 0.232 e. The van der Waals surface area contributed by atoms with Crippen LogP contribution in [0, 0.1) is 5.95 Å². The first-order valence-corrected chi connectivity index (χ1v) is 4.18.